The van der Waals surface area contributed by atoms with Gasteiger partial charge in [0.05, 0.1) is 15.6 Å². The van der Waals surface area contributed by atoms with Gasteiger partial charge in [-0.1, -0.05) is 11.6 Å². The van der Waals surface area contributed by atoms with Gasteiger partial charge in [0, 0.05) is 6.08 Å². The van der Waals surface area contributed by atoms with E-state index in [4.69, 9.17) is 11.6 Å². The number of aromatic nitrogens is 1. The molecular formula is C9H4ClNO2S. The summed E-state index contributed by atoms with van der Waals surface area (Å²) in [4.78, 5) is 26.7. The molecule has 5 heteroatoms. The van der Waals surface area contributed by atoms with E-state index >= 15 is 0 Å². The van der Waals surface area contributed by atoms with Crippen molar-refractivity contribution in [2.45, 2.75) is 5.03 Å². The third-order valence-electron chi connectivity index (χ3n) is 1.84. The lowest BCUT2D eigenvalue weighted by molar-refractivity contribution is 0.0986. The molecule has 1 heterocycles. The molecule has 0 aliphatic heterocycles. The van der Waals surface area contributed by atoms with Gasteiger partial charge in [0.2, 0.25) is 5.78 Å². The van der Waals surface area contributed by atoms with Gasteiger partial charge in [0.25, 0.3) is 0 Å². The summed E-state index contributed by atoms with van der Waals surface area (Å²) in [6.07, 6.45) is 1.10. The molecule has 0 bridgehead atoms. The fourth-order valence-corrected chi connectivity index (χ4v) is 1.56. The number of halogens is 1. The second kappa shape index (κ2) is 3.22. The van der Waals surface area contributed by atoms with E-state index in [0.717, 1.165) is 6.08 Å². The molecule has 2 rings (SSSR count). The van der Waals surface area contributed by atoms with Crippen LogP contribution in [-0.2, 0) is 0 Å². The van der Waals surface area contributed by atoms with Crippen LogP contribution in [0.3, 0.4) is 0 Å². The Hall–Kier alpha value is -1.13. The van der Waals surface area contributed by atoms with Gasteiger partial charge in [-0.05, 0) is 12.1 Å². The molecule has 0 saturated carbocycles. The summed E-state index contributed by atoms with van der Waals surface area (Å²) in [6.45, 7) is 0. The highest BCUT2D eigenvalue weighted by atomic mass is 35.5. The van der Waals surface area contributed by atoms with Crippen LogP contribution in [0.15, 0.2) is 28.3 Å². The first-order valence-corrected chi connectivity index (χ1v) is 4.58. The zero-order valence-corrected chi connectivity index (χ0v) is 8.47. The number of nitrogens with zero attached hydrogens (tertiary/aromatic N) is 1. The number of rotatable bonds is 0. The van der Waals surface area contributed by atoms with Crippen LogP contribution in [0.1, 0.15) is 20.8 Å². The Bertz CT molecular complexity index is 482. The molecular weight excluding hydrogens is 222 g/mol. The fourth-order valence-electron chi connectivity index (χ4n) is 1.19. The highest BCUT2D eigenvalue weighted by Gasteiger charge is 2.25. The Morgan fingerprint density at radius 1 is 1.29 bits per heavy atom. The summed E-state index contributed by atoms with van der Waals surface area (Å²) in [5.74, 6) is -0.734. The van der Waals surface area contributed by atoms with Crippen molar-refractivity contribution in [3.8, 4) is 0 Å². The van der Waals surface area contributed by atoms with Crippen LogP contribution in [0.25, 0.3) is 0 Å². The predicted molar refractivity (Wildman–Crippen MR) is 54.1 cm³/mol. The first-order chi connectivity index (χ1) is 6.59. The molecule has 0 radical (unpaired) electrons. The molecule has 0 fully saturated rings. The molecule has 1 aromatic heterocycles. The van der Waals surface area contributed by atoms with Crippen molar-refractivity contribution in [2.24, 2.45) is 0 Å². The molecule has 0 saturated heterocycles. The smallest absolute Gasteiger partial charge is 0.223 e. The summed E-state index contributed by atoms with van der Waals surface area (Å²) in [7, 11) is 0. The topological polar surface area (TPSA) is 47.0 Å². The number of thiol groups is 1. The SMILES string of the molecule is O=C1C=C(Cl)C(=O)c2nc(S)ccc21. The third kappa shape index (κ3) is 1.36. The zero-order valence-electron chi connectivity index (χ0n) is 6.82. The molecule has 1 aromatic rings. The monoisotopic (exact) mass is 225 g/mol. The Morgan fingerprint density at radius 3 is 2.71 bits per heavy atom. The minimum Gasteiger partial charge on any atom is -0.289 e. The standard InChI is InChI=1S/C9H4ClNO2S/c10-5-3-6(12)4-1-2-7(14)11-8(4)9(5)13/h1-3H,(H,11,14). The largest absolute Gasteiger partial charge is 0.289 e. The molecule has 1 aliphatic rings. The zero-order chi connectivity index (χ0) is 10.3. The van der Waals surface area contributed by atoms with Crippen LogP contribution in [0, 0.1) is 0 Å². The number of hydrogen-bond acceptors (Lipinski definition) is 4. The Labute approximate surface area is 90.2 Å². The van der Waals surface area contributed by atoms with E-state index in [-0.39, 0.29) is 22.1 Å². The first kappa shape index (κ1) is 9.43. The van der Waals surface area contributed by atoms with Gasteiger partial charge >= 0.3 is 0 Å². The number of pyridine rings is 1. The van der Waals surface area contributed by atoms with Crippen LogP contribution in [0.2, 0.25) is 0 Å². The van der Waals surface area contributed by atoms with E-state index in [1.54, 1.807) is 6.07 Å². The molecule has 0 atom stereocenters. The molecule has 0 unspecified atom stereocenters. The maximum Gasteiger partial charge on any atom is 0.223 e. The van der Waals surface area contributed by atoms with Gasteiger partial charge in [0.1, 0.15) is 5.69 Å². The van der Waals surface area contributed by atoms with Gasteiger partial charge in [-0.25, -0.2) is 4.98 Å². The predicted octanol–water partition coefficient (Wildman–Crippen LogP) is 1.87. The summed E-state index contributed by atoms with van der Waals surface area (Å²) in [5.41, 5.74) is 0.354. The molecule has 1 aliphatic carbocycles. The van der Waals surface area contributed by atoms with Crippen molar-refractivity contribution >= 4 is 35.8 Å². The van der Waals surface area contributed by atoms with Crippen LogP contribution < -0.4 is 0 Å². The average molecular weight is 226 g/mol. The van der Waals surface area contributed by atoms with Crippen molar-refractivity contribution < 1.29 is 9.59 Å². The minimum atomic E-state index is -0.433. The van der Waals surface area contributed by atoms with E-state index in [1.165, 1.54) is 6.07 Å². The van der Waals surface area contributed by atoms with Crippen LogP contribution in [0.4, 0.5) is 0 Å². The number of Topliss-reactive ketones (excluding diaryl/α,β-unsaturated/α-hetero) is 1. The van der Waals surface area contributed by atoms with Gasteiger partial charge < -0.3 is 0 Å². The minimum absolute atomic E-state index is 0.0787. The van der Waals surface area contributed by atoms with Crippen molar-refractivity contribution in [1.29, 1.82) is 0 Å². The molecule has 70 valence electrons. The first-order valence-electron chi connectivity index (χ1n) is 3.76. The lowest BCUT2D eigenvalue weighted by Gasteiger charge is -2.09. The summed E-state index contributed by atoms with van der Waals surface area (Å²) in [5, 5.41) is 0.283. The maximum atomic E-state index is 11.5. The van der Waals surface area contributed by atoms with E-state index in [9.17, 15) is 9.59 Å². The maximum absolute atomic E-state index is 11.5. The number of hydrogen-bond donors (Lipinski definition) is 1. The summed E-state index contributed by atoms with van der Waals surface area (Å²) in [6, 6.07) is 3.07. The van der Waals surface area contributed by atoms with Gasteiger partial charge in [-0.15, -0.1) is 12.6 Å². The second-order valence-electron chi connectivity index (χ2n) is 2.75. The molecule has 0 amide bonds. The van der Waals surface area contributed by atoms with E-state index < -0.39 is 5.78 Å². The average Bonchev–Trinajstić information content (AvgIpc) is 2.14. The Kier molecular flexibility index (Phi) is 2.17. The van der Waals surface area contributed by atoms with Gasteiger partial charge in [0.15, 0.2) is 5.78 Å². The Balaban J connectivity index is 2.69. The molecule has 0 N–H and O–H groups in total. The van der Waals surface area contributed by atoms with Gasteiger partial charge in [-0.2, -0.15) is 0 Å². The van der Waals surface area contributed by atoms with E-state index in [2.05, 4.69) is 17.6 Å². The molecule has 3 nitrogen and oxygen atoms in total. The molecule has 14 heavy (non-hydrogen) atoms. The van der Waals surface area contributed by atoms with Crippen molar-refractivity contribution in [3.63, 3.8) is 0 Å². The summed E-state index contributed by atoms with van der Waals surface area (Å²) >= 11 is 9.55. The highest BCUT2D eigenvalue weighted by molar-refractivity contribution is 7.80. The highest BCUT2D eigenvalue weighted by Crippen LogP contribution is 2.22. The molecule has 0 spiro atoms. The quantitative estimate of drug-likeness (QED) is 0.686. The number of ketones is 2. The van der Waals surface area contributed by atoms with Crippen molar-refractivity contribution in [2.75, 3.05) is 0 Å². The second-order valence-corrected chi connectivity index (χ2v) is 3.62. The number of carbonyl (C=O) groups excluding carboxylic acids is 2. The number of carbonyl (C=O) groups is 2. The normalized spacial score (nSPS) is 15.1. The van der Waals surface area contributed by atoms with E-state index in [0.29, 0.717) is 5.03 Å². The third-order valence-corrected chi connectivity index (χ3v) is 2.37. The van der Waals surface area contributed by atoms with Crippen LogP contribution >= 0.6 is 24.2 Å². The van der Waals surface area contributed by atoms with Crippen LogP contribution in [0.5, 0.6) is 0 Å². The summed E-state index contributed by atoms with van der Waals surface area (Å²) < 4.78 is 0. The van der Waals surface area contributed by atoms with Crippen molar-refractivity contribution in [3.05, 3.63) is 34.5 Å². The number of allylic oxidation sites excluding steroid dienone is 2. The Morgan fingerprint density at radius 2 is 2.00 bits per heavy atom. The molecule has 0 aromatic carbocycles. The lowest BCUT2D eigenvalue weighted by atomic mass is 10.0. The van der Waals surface area contributed by atoms with Crippen molar-refractivity contribution in [1.82, 2.24) is 4.98 Å². The van der Waals surface area contributed by atoms with Gasteiger partial charge in [-0.3, -0.25) is 9.59 Å². The van der Waals surface area contributed by atoms with Crippen LogP contribution in [-0.4, -0.2) is 16.6 Å². The van der Waals surface area contributed by atoms with E-state index in [1.807, 2.05) is 0 Å². The fraction of sp³-hybridized carbons (Fsp3) is 0. The number of fused-ring (bicyclic) bond motifs is 1. The lowest BCUT2D eigenvalue weighted by Crippen LogP contribution is -2.16.